The highest BCUT2D eigenvalue weighted by molar-refractivity contribution is 7.89. The number of hydrogen-bond donors (Lipinski definition) is 0. The molecule has 0 aromatic heterocycles. The number of rotatable bonds is 8. The van der Waals surface area contributed by atoms with Gasteiger partial charge in [0.25, 0.3) is 15.9 Å². The molecule has 0 bridgehead atoms. The summed E-state index contributed by atoms with van der Waals surface area (Å²) in [6.45, 7) is 8.90. The summed E-state index contributed by atoms with van der Waals surface area (Å²) >= 11 is 0. The highest BCUT2D eigenvalue weighted by Crippen LogP contribution is 2.21. The fourth-order valence-electron chi connectivity index (χ4n) is 2.47. The Kier molecular flexibility index (Phi) is 7.34. The van der Waals surface area contributed by atoms with E-state index in [-0.39, 0.29) is 28.3 Å². The topological polar surface area (TPSA) is 80.8 Å². The first-order valence-electron chi connectivity index (χ1n) is 9.28. The molecule has 0 unspecified atom stereocenters. The van der Waals surface area contributed by atoms with E-state index in [4.69, 9.17) is 4.74 Å². The lowest BCUT2D eigenvalue weighted by atomic mass is 10.2. The lowest BCUT2D eigenvalue weighted by Gasteiger charge is -2.22. The van der Waals surface area contributed by atoms with Crippen LogP contribution in [-0.2, 0) is 14.8 Å². The number of carbonyl (C=O) groups is 2. The van der Waals surface area contributed by atoms with Gasteiger partial charge >= 0.3 is 5.97 Å². The molecule has 0 N–H and O–H groups in total. The number of amides is 1. The van der Waals surface area contributed by atoms with Crippen molar-refractivity contribution in [2.75, 3.05) is 6.54 Å². The van der Waals surface area contributed by atoms with Crippen molar-refractivity contribution in [1.82, 2.24) is 4.31 Å². The minimum atomic E-state index is -3.99. The van der Waals surface area contributed by atoms with Gasteiger partial charge in [0, 0.05) is 17.7 Å². The first-order chi connectivity index (χ1) is 13.7. The molecule has 2 aromatic rings. The fourth-order valence-corrected chi connectivity index (χ4v) is 3.90. The molecule has 2 rings (SSSR count). The summed E-state index contributed by atoms with van der Waals surface area (Å²) in [5, 5.41) is 0. The van der Waals surface area contributed by atoms with E-state index in [2.05, 4.69) is 6.58 Å². The maximum atomic E-state index is 13.1. The van der Waals surface area contributed by atoms with E-state index in [1.54, 1.807) is 12.1 Å². The van der Waals surface area contributed by atoms with Gasteiger partial charge in [-0.1, -0.05) is 37.6 Å². The summed E-state index contributed by atoms with van der Waals surface area (Å²) in [7, 11) is -3.99. The average molecular weight is 416 g/mol. The first-order valence-corrected chi connectivity index (χ1v) is 10.7. The van der Waals surface area contributed by atoms with Gasteiger partial charge in [0.15, 0.2) is 0 Å². The van der Waals surface area contributed by atoms with Gasteiger partial charge in [-0.15, -0.1) is 0 Å². The second kappa shape index (κ2) is 9.52. The van der Waals surface area contributed by atoms with Crippen LogP contribution in [0.2, 0.25) is 0 Å². The molecule has 0 aliphatic heterocycles. The Morgan fingerprint density at radius 2 is 1.62 bits per heavy atom. The third kappa shape index (κ3) is 5.54. The number of ether oxygens (including phenoxy) is 1. The smallest absolute Gasteiger partial charge is 0.338 e. The third-order valence-corrected chi connectivity index (χ3v) is 6.01. The Balaban J connectivity index is 2.32. The number of benzene rings is 2. The van der Waals surface area contributed by atoms with E-state index in [1.807, 2.05) is 13.8 Å². The zero-order valence-electron chi connectivity index (χ0n) is 16.8. The van der Waals surface area contributed by atoms with Gasteiger partial charge in [-0.05, 0) is 56.7 Å². The predicted octanol–water partition coefficient (Wildman–Crippen LogP) is 4.11. The van der Waals surface area contributed by atoms with E-state index in [1.165, 1.54) is 43.3 Å². The third-order valence-electron chi connectivity index (χ3n) is 4.21. The summed E-state index contributed by atoms with van der Waals surface area (Å²) in [4.78, 5) is 24.7. The van der Waals surface area contributed by atoms with Crippen LogP contribution in [0.25, 0.3) is 0 Å². The molecular formula is C22H25NO5S. The summed E-state index contributed by atoms with van der Waals surface area (Å²) in [6, 6.07) is 12.2. The minimum Gasteiger partial charge on any atom is -0.423 e. The number of hydrogen-bond acceptors (Lipinski definition) is 5. The summed E-state index contributed by atoms with van der Waals surface area (Å²) in [6.07, 6.45) is 1.29. The lowest BCUT2D eigenvalue weighted by Crippen LogP contribution is -2.37. The Morgan fingerprint density at radius 3 is 2.14 bits per heavy atom. The van der Waals surface area contributed by atoms with Crippen LogP contribution >= 0.6 is 0 Å². The van der Waals surface area contributed by atoms with Crippen molar-refractivity contribution in [3.8, 4) is 5.75 Å². The zero-order chi connectivity index (χ0) is 21.6. The highest BCUT2D eigenvalue weighted by Gasteiger charge is 2.29. The van der Waals surface area contributed by atoms with Crippen molar-refractivity contribution < 1.29 is 22.7 Å². The molecule has 0 saturated carbocycles. The Bertz CT molecular complexity index is 993. The van der Waals surface area contributed by atoms with Gasteiger partial charge in [-0.2, -0.15) is 0 Å². The summed E-state index contributed by atoms with van der Waals surface area (Å²) in [5.74, 6) is -0.955. The molecule has 7 heteroatoms. The molecule has 0 atom stereocenters. The fraction of sp³-hybridized carbons (Fsp3) is 0.273. The Morgan fingerprint density at radius 1 is 1.03 bits per heavy atom. The van der Waals surface area contributed by atoms with Crippen LogP contribution in [0.1, 0.15) is 42.6 Å². The average Bonchev–Trinajstić information content (AvgIpc) is 2.68. The number of nitrogens with zero attached hydrogens (tertiary/aromatic N) is 1. The number of esters is 1. The van der Waals surface area contributed by atoms with Crippen molar-refractivity contribution in [1.29, 1.82) is 0 Å². The molecular weight excluding hydrogens is 390 g/mol. The lowest BCUT2D eigenvalue weighted by molar-refractivity contribution is -0.130. The molecule has 0 aliphatic rings. The molecule has 1 amide bonds. The standard InChI is InChI=1S/C22H25NO5S/c1-5-6-15-23(29(26,27)20-13-7-17(4)8-14-20)21(24)18-9-11-19(12-10-18)28-22(25)16(2)3/h7-14H,2,5-6,15H2,1,3-4H3. The number of sulfonamides is 1. The van der Waals surface area contributed by atoms with Crippen LogP contribution in [0.4, 0.5) is 0 Å². The predicted molar refractivity (Wildman–Crippen MR) is 111 cm³/mol. The van der Waals surface area contributed by atoms with Crippen molar-refractivity contribution in [2.45, 2.75) is 38.5 Å². The minimum absolute atomic E-state index is 0.0690. The van der Waals surface area contributed by atoms with E-state index in [9.17, 15) is 18.0 Å². The van der Waals surface area contributed by atoms with Crippen molar-refractivity contribution in [2.24, 2.45) is 0 Å². The molecule has 6 nitrogen and oxygen atoms in total. The van der Waals surface area contributed by atoms with Crippen molar-refractivity contribution in [3.05, 3.63) is 71.8 Å². The van der Waals surface area contributed by atoms with Crippen LogP contribution in [0.15, 0.2) is 65.6 Å². The van der Waals surface area contributed by atoms with Gasteiger partial charge in [0.1, 0.15) is 5.75 Å². The maximum absolute atomic E-state index is 13.1. The molecule has 2 aromatic carbocycles. The molecule has 0 fully saturated rings. The van der Waals surface area contributed by atoms with Crippen LogP contribution in [-0.4, -0.2) is 31.1 Å². The van der Waals surface area contributed by atoms with Crippen molar-refractivity contribution >= 4 is 21.9 Å². The SMILES string of the molecule is C=C(C)C(=O)Oc1ccc(C(=O)N(CCCC)S(=O)(=O)c2ccc(C)cc2)cc1. The first kappa shape index (κ1) is 22.4. The number of carbonyl (C=O) groups excluding carboxylic acids is 2. The van der Waals surface area contributed by atoms with Gasteiger partial charge in [0.05, 0.1) is 4.90 Å². The quantitative estimate of drug-likeness (QED) is 0.368. The highest BCUT2D eigenvalue weighted by atomic mass is 32.2. The summed E-state index contributed by atoms with van der Waals surface area (Å²) in [5.41, 5.74) is 1.36. The van der Waals surface area contributed by atoms with Crippen LogP contribution in [0.5, 0.6) is 5.75 Å². The molecule has 0 aliphatic carbocycles. The monoisotopic (exact) mass is 415 g/mol. The number of aryl methyl sites for hydroxylation is 1. The zero-order valence-corrected chi connectivity index (χ0v) is 17.7. The molecule has 0 spiro atoms. The van der Waals surface area contributed by atoms with Crippen molar-refractivity contribution in [3.63, 3.8) is 0 Å². The maximum Gasteiger partial charge on any atom is 0.338 e. The van der Waals surface area contributed by atoms with Crippen LogP contribution in [0, 0.1) is 6.92 Å². The Hall–Kier alpha value is -2.93. The molecule has 29 heavy (non-hydrogen) atoms. The Labute approximate surface area is 171 Å². The van der Waals surface area contributed by atoms with Gasteiger partial charge in [-0.25, -0.2) is 17.5 Å². The van der Waals surface area contributed by atoms with E-state index >= 15 is 0 Å². The van der Waals surface area contributed by atoms with Gasteiger partial charge in [0.2, 0.25) is 0 Å². The molecule has 0 heterocycles. The van der Waals surface area contributed by atoms with Gasteiger partial charge < -0.3 is 4.74 Å². The van der Waals surface area contributed by atoms with Crippen LogP contribution < -0.4 is 4.74 Å². The second-order valence-corrected chi connectivity index (χ2v) is 8.61. The second-order valence-electron chi connectivity index (χ2n) is 6.74. The largest absolute Gasteiger partial charge is 0.423 e. The normalized spacial score (nSPS) is 11.0. The molecule has 0 saturated heterocycles. The summed E-state index contributed by atoms with van der Waals surface area (Å²) < 4.78 is 32.2. The van der Waals surface area contributed by atoms with Gasteiger partial charge in [-0.3, -0.25) is 4.79 Å². The molecule has 0 radical (unpaired) electrons. The van der Waals surface area contributed by atoms with E-state index < -0.39 is 21.9 Å². The van der Waals surface area contributed by atoms with E-state index in [0.29, 0.717) is 6.42 Å². The number of unbranched alkanes of at least 4 members (excludes halogenated alkanes) is 1. The molecule has 154 valence electrons. The van der Waals surface area contributed by atoms with E-state index in [0.717, 1.165) is 16.3 Å². The van der Waals surface area contributed by atoms with Crippen LogP contribution in [0.3, 0.4) is 0 Å².